The van der Waals surface area contributed by atoms with Gasteiger partial charge < -0.3 is 19.5 Å². The molecule has 1 fully saturated rings. The number of pyridine rings is 1. The number of carbonyl (C=O) groups excluding carboxylic acids is 2. The number of aliphatic hydroxyl groups is 1. The lowest BCUT2D eigenvalue weighted by Gasteiger charge is -2.26. The molecule has 0 unspecified atom stereocenters. The van der Waals surface area contributed by atoms with Crippen LogP contribution >= 0.6 is 0 Å². The van der Waals surface area contributed by atoms with Gasteiger partial charge in [0.25, 0.3) is 11.7 Å². The van der Waals surface area contributed by atoms with Crippen LogP contribution in [0.5, 0.6) is 11.5 Å². The number of ketones is 1. The average molecular weight is 485 g/mol. The molecule has 0 aliphatic carbocycles. The molecule has 1 N–H and O–H groups in total. The monoisotopic (exact) mass is 484 g/mol. The molecule has 3 heterocycles. The number of amides is 1. The van der Waals surface area contributed by atoms with E-state index in [-0.39, 0.29) is 23.3 Å². The molecule has 184 valence electrons. The molecule has 2 aromatic carbocycles. The zero-order valence-corrected chi connectivity index (χ0v) is 20.5. The van der Waals surface area contributed by atoms with E-state index >= 15 is 0 Å². The number of fused-ring (bicyclic) bond motifs is 1. The first-order chi connectivity index (χ1) is 17.2. The number of aromatic nitrogens is 1. The lowest BCUT2D eigenvalue weighted by atomic mass is 9.85. The zero-order chi connectivity index (χ0) is 25.4. The number of hydrogen-bond donors (Lipinski definition) is 1. The van der Waals surface area contributed by atoms with Crippen LogP contribution in [0.15, 0.2) is 72.6 Å². The SMILES string of the molecule is CC(C)(C)c1ccc([C@H]2C(=C(O)c3ccc4c(c3)OCCO4)C(=O)C(=O)N2Cc2cccnc2)cc1. The van der Waals surface area contributed by atoms with Crippen molar-refractivity contribution in [2.45, 2.75) is 38.8 Å². The smallest absolute Gasteiger partial charge is 0.295 e. The molecule has 0 bridgehead atoms. The Morgan fingerprint density at radius 1 is 1.03 bits per heavy atom. The molecule has 1 saturated heterocycles. The quantitative estimate of drug-likeness (QED) is 0.326. The molecule has 1 aromatic heterocycles. The second-order valence-corrected chi connectivity index (χ2v) is 10.0. The molecule has 1 atom stereocenters. The predicted molar refractivity (Wildman–Crippen MR) is 135 cm³/mol. The van der Waals surface area contributed by atoms with Gasteiger partial charge in [0.05, 0.1) is 11.6 Å². The molecular weight excluding hydrogens is 456 g/mol. The number of benzene rings is 2. The molecule has 5 rings (SSSR count). The molecule has 0 saturated carbocycles. The molecule has 2 aliphatic heterocycles. The van der Waals surface area contributed by atoms with Crippen molar-refractivity contribution in [1.82, 2.24) is 9.88 Å². The van der Waals surface area contributed by atoms with Crippen LogP contribution in [0.4, 0.5) is 0 Å². The molecule has 3 aromatic rings. The summed E-state index contributed by atoms with van der Waals surface area (Å²) in [6.45, 7) is 7.40. The predicted octanol–water partition coefficient (Wildman–Crippen LogP) is 4.77. The Bertz CT molecular complexity index is 1340. The van der Waals surface area contributed by atoms with Gasteiger partial charge in [-0.15, -0.1) is 0 Å². The summed E-state index contributed by atoms with van der Waals surface area (Å²) >= 11 is 0. The van der Waals surface area contributed by atoms with Gasteiger partial charge in [0.1, 0.15) is 19.0 Å². The van der Waals surface area contributed by atoms with E-state index in [0.717, 1.165) is 16.7 Å². The van der Waals surface area contributed by atoms with Crippen LogP contribution < -0.4 is 9.47 Å². The van der Waals surface area contributed by atoms with Crippen LogP contribution in [-0.2, 0) is 21.5 Å². The number of aliphatic hydroxyl groups excluding tert-OH is 1. The second-order valence-electron chi connectivity index (χ2n) is 10.0. The maximum atomic E-state index is 13.3. The van der Waals surface area contributed by atoms with Crippen molar-refractivity contribution in [3.05, 3.63) is 94.8 Å². The van der Waals surface area contributed by atoms with E-state index in [2.05, 4.69) is 25.8 Å². The first-order valence-electron chi connectivity index (χ1n) is 11.9. The molecule has 0 radical (unpaired) electrons. The molecule has 0 spiro atoms. The van der Waals surface area contributed by atoms with Crippen molar-refractivity contribution in [3.63, 3.8) is 0 Å². The lowest BCUT2D eigenvalue weighted by Crippen LogP contribution is -2.29. The summed E-state index contributed by atoms with van der Waals surface area (Å²) in [4.78, 5) is 32.2. The number of likely N-dealkylation sites (tertiary alicyclic amines) is 1. The second kappa shape index (κ2) is 9.15. The third-order valence-corrected chi connectivity index (χ3v) is 6.52. The van der Waals surface area contributed by atoms with Gasteiger partial charge in [-0.2, -0.15) is 0 Å². The number of ether oxygens (including phenoxy) is 2. The minimum Gasteiger partial charge on any atom is -0.507 e. The molecule has 1 amide bonds. The van der Waals surface area contributed by atoms with Crippen LogP contribution in [0.3, 0.4) is 0 Å². The maximum absolute atomic E-state index is 13.3. The molecule has 7 heteroatoms. The molecule has 2 aliphatic rings. The highest BCUT2D eigenvalue weighted by atomic mass is 16.6. The molecular formula is C29H28N2O5. The maximum Gasteiger partial charge on any atom is 0.295 e. The largest absolute Gasteiger partial charge is 0.507 e. The van der Waals surface area contributed by atoms with Crippen molar-refractivity contribution in [2.24, 2.45) is 0 Å². The number of nitrogens with zero attached hydrogens (tertiary/aromatic N) is 2. The fraction of sp³-hybridized carbons (Fsp3) is 0.276. The molecule has 36 heavy (non-hydrogen) atoms. The Kier molecular flexibility index (Phi) is 6.00. The van der Waals surface area contributed by atoms with Gasteiger partial charge in [0.2, 0.25) is 0 Å². The topological polar surface area (TPSA) is 89.0 Å². The van der Waals surface area contributed by atoms with Crippen molar-refractivity contribution < 1.29 is 24.2 Å². The summed E-state index contributed by atoms with van der Waals surface area (Å²) in [7, 11) is 0. The third kappa shape index (κ3) is 4.33. The van der Waals surface area contributed by atoms with Crippen LogP contribution in [0.2, 0.25) is 0 Å². The Hall–Kier alpha value is -4.13. The van der Waals surface area contributed by atoms with Crippen molar-refractivity contribution in [2.75, 3.05) is 13.2 Å². The first kappa shape index (κ1) is 23.6. The highest BCUT2D eigenvalue weighted by Crippen LogP contribution is 2.42. The summed E-state index contributed by atoms with van der Waals surface area (Å²) in [5, 5.41) is 11.4. The standard InChI is InChI=1S/C29H28N2O5/c1-29(2,3)21-9-6-19(7-10-21)25-24(26(32)20-8-11-22-23(15-20)36-14-13-35-22)27(33)28(34)31(25)17-18-5-4-12-30-16-18/h4-12,15-16,25,32H,13-14,17H2,1-3H3/t25-/m0/s1. The highest BCUT2D eigenvalue weighted by molar-refractivity contribution is 6.46. The summed E-state index contributed by atoms with van der Waals surface area (Å²) in [5.74, 6) is -0.576. The number of hydrogen-bond acceptors (Lipinski definition) is 6. The summed E-state index contributed by atoms with van der Waals surface area (Å²) in [6.07, 6.45) is 3.32. The number of Topliss-reactive ketones (excluding diaryl/α,β-unsaturated/α-hetero) is 1. The Morgan fingerprint density at radius 2 is 1.75 bits per heavy atom. The first-order valence-corrected chi connectivity index (χ1v) is 11.9. The van der Waals surface area contributed by atoms with Crippen molar-refractivity contribution >= 4 is 17.4 Å². The fourth-order valence-electron chi connectivity index (χ4n) is 4.59. The van der Waals surface area contributed by atoms with Gasteiger partial charge in [0.15, 0.2) is 11.5 Å². The van der Waals surface area contributed by atoms with Crippen LogP contribution in [0, 0.1) is 0 Å². The highest BCUT2D eigenvalue weighted by Gasteiger charge is 2.46. The Labute approximate surface area is 210 Å². The van der Waals surface area contributed by atoms with Crippen LogP contribution in [-0.4, -0.2) is 39.9 Å². The Balaban J connectivity index is 1.63. The van der Waals surface area contributed by atoms with Crippen molar-refractivity contribution in [1.29, 1.82) is 0 Å². The van der Waals surface area contributed by atoms with E-state index in [4.69, 9.17) is 9.47 Å². The van der Waals surface area contributed by atoms with E-state index in [1.165, 1.54) is 4.90 Å². The van der Waals surface area contributed by atoms with E-state index in [0.29, 0.717) is 30.3 Å². The summed E-state index contributed by atoms with van der Waals surface area (Å²) < 4.78 is 11.2. The zero-order valence-electron chi connectivity index (χ0n) is 20.5. The van der Waals surface area contributed by atoms with Gasteiger partial charge >= 0.3 is 0 Å². The minimum atomic E-state index is -0.757. The summed E-state index contributed by atoms with van der Waals surface area (Å²) in [5.41, 5.74) is 3.03. The van der Waals surface area contributed by atoms with Gasteiger partial charge in [-0.05, 0) is 46.4 Å². The van der Waals surface area contributed by atoms with Crippen molar-refractivity contribution in [3.8, 4) is 11.5 Å². The van der Waals surface area contributed by atoms with E-state index < -0.39 is 17.7 Å². The average Bonchev–Trinajstić information content (AvgIpc) is 3.13. The van der Waals surface area contributed by atoms with E-state index in [1.54, 1.807) is 36.7 Å². The molecule has 7 nitrogen and oxygen atoms in total. The number of carbonyl (C=O) groups is 2. The van der Waals surface area contributed by atoms with E-state index in [9.17, 15) is 14.7 Å². The van der Waals surface area contributed by atoms with Crippen LogP contribution in [0.1, 0.15) is 49.1 Å². The minimum absolute atomic E-state index is 0.0454. The number of rotatable bonds is 4. The van der Waals surface area contributed by atoms with E-state index in [1.807, 2.05) is 30.3 Å². The van der Waals surface area contributed by atoms with Crippen LogP contribution in [0.25, 0.3) is 5.76 Å². The lowest BCUT2D eigenvalue weighted by molar-refractivity contribution is -0.140. The normalized spacial score (nSPS) is 19.0. The Morgan fingerprint density at radius 3 is 2.42 bits per heavy atom. The van der Waals surface area contributed by atoms with Gasteiger partial charge in [-0.1, -0.05) is 51.1 Å². The van der Waals surface area contributed by atoms with Gasteiger partial charge in [0, 0.05) is 24.5 Å². The summed E-state index contributed by atoms with van der Waals surface area (Å²) in [6, 6.07) is 15.7. The van der Waals surface area contributed by atoms with Gasteiger partial charge in [-0.3, -0.25) is 14.6 Å². The fourth-order valence-corrected chi connectivity index (χ4v) is 4.59. The third-order valence-electron chi connectivity index (χ3n) is 6.52. The van der Waals surface area contributed by atoms with Gasteiger partial charge in [-0.25, -0.2) is 0 Å².